The van der Waals surface area contributed by atoms with Crippen molar-refractivity contribution in [2.75, 3.05) is 13.2 Å². The summed E-state index contributed by atoms with van der Waals surface area (Å²) in [5.41, 5.74) is 0. The fraction of sp³-hybridized carbons (Fsp3) is 1.00. The summed E-state index contributed by atoms with van der Waals surface area (Å²) in [4.78, 5) is 0. The molecule has 1 heterocycles. The molecule has 0 bridgehead atoms. The lowest BCUT2D eigenvalue weighted by atomic mass is 9.96. The average Bonchev–Trinajstić information content (AvgIpc) is 2.50. The van der Waals surface area contributed by atoms with Gasteiger partial charge >= 0.3 is 0 Å². The molecule has 2 heteroatoms. The van der Waals surface area contributed by atoms with E-state index in [1.165, 1.54) is 32.1 Å². The van der Waals surface area contributed by atoms with Crippen LogP contribution in [-0.4, -0.2) is 25.3 Å². The van der Waals surface area contributed by atoms with Crippen LogP contribution in [0.3, 0.4) is 0 Å². The van der Waals surface area contributed by atoms with Gasteiger partial charge in [0.1, 0.15) is 0 Å². The summed E-state index contributed by atoms with van der Waals surface area (Å²) in [5, 5.41) is 3.86. The van der Waals surface area contributed by atoms with Gasteiger partial charge in [-0.1, -0.05) is 13.8 Å². The Kier molecular flexibility index (Phi) is 4.04. The molecule has 15 heavy (non-hydrogen) atoms. The molecule has 0 radical (unpaired) electrons. The summed E-state index contributed by atoms with van der Waals surface area (Å²) in [6, 6.07) is 1.48. The van der Waals surface area contributed by atoms with Crippen molar-refractivity contribution in [3.63, 3.8) is 0 Å². The van der Waals surface area contributed by atoms with E-state index in [4.69, 9.17) is 4.74 Å². The van der Waals surface area contributed by atoms with E-state index < -0.39 is 0 Å². The van der Waals surface area contributed by atoms with Crippen LogP contribution < -0.4 is 5.32 Å². The SMILES string of the molecule is CC1CCC(NC2CCCOCC2)C1C. The molecule has 1 aliphatic heterocycles. The highest BCUT2D eigenvalue weighted by molar-refractivity contribution is 4.87. The Morgan fingerprint density at radius 1 is 1.00 bits per heavy atom. The van der Waals surface area contributed by atoms with E-state index in [1.807, 2.05) is 0 Å². The summed E-state index contributed by atoms with van der Waals surface area (Å²) in [5.74, 6) is 1.76. The van der Waals surface area contributed by atoms with E-state index in [0.29, 0.717) is 6.04 Å². The van der Waals surface area contributed by atoms with E-state index >= 15 is 0 Å². The van der Waals surface area contributed by atoms with Crippen molar-refractivity contribution in [2.24, 2.45) is 11.8 Å². The molecule has 2 nitrogen and oxygen atoms in total. The van der Waals surface area contributed by atoms with Crippen molar-refractivity contribution in [3.05, 3.63) is 0 Å². The number of rotatable bonds is 2. The van der Waals surface area contributed by atoms with Crippen LogP contribution in [0.5, 0.6) is 0 Å². The van der Waals surface area contributed by atoms with E-state index in [1.54, 1.807) is 0 Å². The van der Waals surface area contributed by atoms with E-state index in [-0.39, 0.29) is 0 Å². The van der Waals surface area contributed by atoms with Crippen molar-refractivity contribution in [2.45, 2.75) is 58.0 Å². The van der Waals surface area contributed by atoms with Crippen LogP contribution in [0.2, 0.25) is 0 Å². The highest BCUT2D eigenvalue weighted by atomic mass is 16.5. The number of hydrogen-bond donors (Lipinski definition) is 1. The maximum atomic E-state index is 5.50. The summed E-state index contributed by atoms with van der Waals surface area (Å²) < 4.78 is 5.50. The largest absolute Gasteiger partial charge is 0.381 e. The van der Waals surface area contributed by atoms with Crippen molar-refractivity contribution in [1.82, 2.24) is 5.32 Å². The van der Waals surface area contributed by atoms with Gasteiger partial charge in [0, 0.05) is 25.3 Å². The molecule has 2 aliphatic rings. The summed E-state index contributed by atoms with van der Waals surface area (Å²) in [6.45, 7) is 6.72. The molecular weight excluding hydrogens is 186 g/mol. The summed E-state index contributed by atoms with van der Waals surface area (Å²) in [6.07, 6.45) is 6.52. The van der Waals surface area contributed by atoms with Crippen molar-refractivity contribution in [1.29, 1.82) is 0 Å². The van der Waals surface area contributed by atoms with Crippen molar-refractivity contribution in [3.8, 4) is 0 Å². The molecule has 1 saturated heterocycles. The van der Waals surface area contributed by atoms with Gasteiger partial charge in [0.2, 0.25) is 0 Å². The standard InChI is InChI=1S/C13H25NO/c1-10-5-6-13(11(10)2)14-12-4-3-8-15-9-7-12/h10-14H,3-9H2,1-2H3. The molecule has 1 aliphatic carbocycles. The summed E-state index contributed by atoms with van der Waals surface area (Å²) in [7, 11) is 0. The fourth-order valence-corrected chi connectivity index (χ4v) is 2.97. The van der Waals surface area contributed by atoms with Crippen LogP contribution in [0, 0.1) is 11.8 Å². The molecule has 2 fully saturated rings. The first-order valence-electron chi connectivity index (χ1n) is 6.61. The highest BCUT2D eigenvalue weighted by Gasteiger charge is 2.30. The molecule has 2 rings (SSSR count). The predicted octanol–water partition coefficient (Wildman–Crippen LogP) is 2.58. The molecule has 0 aromatic rings. The zero-order valence-electron chi connectivity index (χ0n) is 10.2. The molecular formula is C13H25NO. The summed E-state index contributed by atoms with van der Waals surface area (Å²) >= 11 is 0. The molecule has 88 valence electrons. The second-order valence-electron chi connectivity index (χ2n) is 5.43. The predicted molar refractivity (Wildman–Crippen MR) is 62.9 cm³/mol. The quantitative estimate of drug-likeness (QED) is 0.758. The maximum absolute atomic E-state index is 5.50. The van der Waals surface area contributed by atoms with Crippen LogP contribution in [0.15, 0.2) is 0 Å². The Hall–Kier alpha value is -0.0800. The first-order valence-corrected chi connectivity index (χ1v) is 6.61. The molecule has 0 spiro atoms. The molecule has 0 amide bonds. The van der Waals surface area contributed by atoms with Gasteiger partial charge in [-0.15, -0.1) is 0 Å². The molecule has 0 aromatic heterocycles. The third-order valence-electron chi connectivity index (χ3n) is 4.37. The van der Waals surface area contributed by atoms with E-state index in [9.17, 15) is 0 Å². The minimum atomic E-state index is 0.713. The van der Waals surface area contributed by atoms with Crippen LogP contribution >= 0.6 is 0 Å². The Morgan fingerprint density at radius 2 is 1.87 bits per heavy atom. The third-order valence-corrected chi connectivity index (χ3v) is 4.37. The maximum Gasteiger partial charge on any atom is 0.0480 e. The minimum absolute atomic E-state index is 0.713. The van der Waals surface area contributed by atoms with Gasteiger partial charge in [-0.05, 0) is 43.9 Å². The topological polar surface area (TPSA) is 21.3 Å². The van der Waals surface area contributed by atoms with Crippen molar-refractivity contribution < 1.29 is 4.74 Å². The zero-order chi connectivity index (χ0) is 10.7. The van der Waals surface area contributed by atoms with E-state index in [2.05, 4.69) is 19.2 Å². The lowest BCUT2D eigenvalue weighted by Gasteiger charge is -2.25. The van der Waals surface area contributed by atoms with Crippen LogP contribution in [-0.2, 0) is 4.74 Å². The lowest BCUT2D eigenvalue weighted by Crippen LogP contribution is -2.40. The monoisotopic (exact) mass is 211 g/mol. The highest BCUT2D eigenvalue weighted by Crippen LogP contribution is 2.31. The van der Waals surface area contributed by atoms with Gasteiger partial charge in [-0.25, -0.2) is 0 Å². The Bertz CT molecular complexity index is 187. The Morgan fingerprint density at radius 3 is 2.60 bits per heavy atom. The second-order valence-corrected chi connectivity index (χ2v) is 5.43. The van der Waals surface area contributed by atoms with Gasteiger partial charge in [0.05, 0.1) is 0 Å². The van der Waals surface area contributed by atoms with Crippen molar-refractivity contribution >= 4 is 0 Å². The molecule has 4 atom stereocenters. The average molecular weight is 211 g/mol. The number of nitrogens with one attached hydrogen (secondary N) is 1. The normalized spacial score (nSPS) is 42.8. The first kappa shape index (κ1) is 11.4. The van der Waals surface area contributed by atoms with Gasteiger partial charge < -0.3 is 10.1 Å². The molecule has 1 N–H and O–H groups in total. The van der Waals surface area contributed by atoms with Gasteiger partial charge in [-0.3, -0.25) is 0 Å². The number of hydrogen-bond acceptors (Lipinski definition) is 2. The van der Waals surface area contributed by atoms with Crippen LogP contribution in [0.1, 0.15) is 46.0 Å². The molecule has 0 aromatic carbocycles. The number of ether oxygens (including phenoxy) is 1. The van der Waals surface area contributed by atoms with Crippen LogP contribution in [0.25, 0.3) is 0 Å². The van der Waals surface area contributed by atoms with Gasteiger partial charge in [0.25, 0.3) is 0 Å². The second kappa shape index (κ2) is 5.31. The third kappa shape index (κ3) is 2.94. The van der Waals surface area contributed by atoms with Gasteiger partial charge in [0.15, 0.2) is 0 Å². The van der Waals surface area contributed by atoms with Crippen LogP contribution in [0.4, 0.5) is 0 Å². The zero-order valence-corrected chi connectivity index (χ0v) is 10.2. The molecule has 4 unspecified atom stereocenters. The van der Waals surface area contributed by atoms with E-state index in [0.717, 1.165) is 31.1 Å². The Balaban J connectivity index is 1.80. The molecule has 1 saturated carbocycles. The lowest BCUT2D eigenvalue weighted by molar-refractivity contribution is 0.142. The minimum Gasteiger partial charge on any atom is -0.381 e. The van der Waals surface area contributed by atoms with Gasteiger partial charge in [-0.2, -0.15) is 0 Å². The first-order chi connectivity index (χ1) is 7.27. The smallest absolute Gasteiger partial charge is 0.0480 e. The fourth-order valence-electron chi connectivity index (χ4n) is 2.97. The Labute approximate surface area is 93.8 Å².